The third-order valence-electron chi connectivity index (χ3n) is 1.78. The fraction of sp³-hybridized carbons (Fsp3) is 0.300. The topological polar surface area (TPSA) is 55.8 Å². The number of rotatable bonds is 4. The van der Waals surface area contributed by atoms with E-state index in [9.17, 15) is 4.79 Å². The van der Waals surface area contributed by atoms with E-state index in [4.69, 9.17) is 14.6 Å². The van der Waals surface area contributed by atoms with Crippen LogP contribution in [0, 0.1) is 3.57 Å². The van der Waals surface area contributed by atoms with Crippen molar-refractivity contribution < 1.29 is 19.4 Å². The Morgan fingerprint density at radius 3 is 2.67 bits per heavy atom. The standard InChI is InChI=1S/C10H11IO4/c1-6(10(12)13)15-7-3-4-9(14-2)8(11)5-7/h3-6H,1-2H3,(H,12,13). The van der Waals surface area contributed by atoms with E-state index in [2.05, 4.69) is 22.6 Å². The van der Waals surface area contributed by atoms with Crippen LogP contribution < -0.4 is 9.47 Å². The van der Waals surface area contributed by atoms with Crippen molar-refractivity contribution in [2.24, 2.45) is 0 Å². The second-order valence-corrected chi connectivity index (χ2v) is 4.06. The molecule has 0 fully saturated rings. The number of ether oxygens (including phenoxy) is 2. The minimum absolute atomic E-state index is 0.523. The predicted octanol–water partition coefficient (Wildman–Crippen LogP) is 2.15. The lowest BCUT2D eigenvalue weighted by atomic mass is 10.3. The molecule has 0 saturated carbocycles. The number of carboxylic acid groups (broad SMARTS) is 1. The summed E-state index contributed by atoms with van der Waals surface area (Å²) in [6, 6.07) is 5.16. The summed E-state index contributed by atoms with van der Waals surface area (Å²) >= 11 is 2.10. The minimum Gasteiger partial charge on any atom is -0.496 e. The largest absolute Gasteiger partial charge is 0.496 e. The van der Waals surface area contributed by atoms with Crippen molar-refractivity contribution in [2.45, 2.75) is 13.0 Å². The number of methoxy groups -OCH3 is 1. The van der Waals surface area contributed by atoms with Crippen LogP contribution in [0.25, 0.3) is 0 Å². The molecule has 0 heterocycles. The first-order chi connectivity index (χ1) is 7.04. The van der Waals surface area contributed by atoms with Crippen molar-refractivity contribution in [1.29, 1.82) is 0 Å². The number of carboxylic acids is 1. The van der Waals surface area contributed by atoms with Gasteiger partial charge in [0.25, 0.3) is 0 Å². The second-order valence-electron chi connectivity index (χ2n) is 2.89. The zero-order valence-corrected chi connectivity index (χ0v) is 10.5. The maximum absolute atomic E-state index is 10.6. The molecular formula is C10H11IO4. The number of benzene rings is 1. The van der Waals surface area contributed by atoms with Crippen LogP contribution in [0.15, 0.2) is 18.2 Å². The quantitative estimate of drug-likeness (QED) is 0.863. The van der Waals surface area contributed by atoms with Gasteiger partial charge in [-0.05, 0) is 47.7 Å². The molecule has 1 aromatic rings. The molecule has 0 saturated heterocycles. The van der Waals surface area contributed by atoms with E-state index < -0.39 is 12.1 Å². The van der Waals surface area contributed by atoms with Crippen LogP contribution in [0.3, 0.4) is 0 Å². The summed E-state index contributed by atoms with van der Waals surface area (Å²) in [7, 11) is 1.58. The molecule has 5 heteroatoms. The summed E-state index contributed by atoms with van der Waals surface area (Å²) in [6.45, 7) is 1.49. The minimum atomic E-state index is -0.985. The van der Waals surface area contributed by atoms with E-state index in [0.29, 0.717) is 5.75 Å². The molecule has 0 aromatic heterocycles. The van der Waals surface area contributed by atoms with E-state index in [0.717, 1.165) is 9.32 Å². The summed E-state index contributed by atoms with van der Waals surface area (Å²) in [4.78, 5) is 10.6. The molecule has 0 aliphatic carbocycles. The summed E-state index contributed by atoms with van der Waals surface area (Å²) < 4.78 is 11.1. The van der Waals surface area contributed by atoms with E-state index in [1.54, 1.807) is 25.3 Å². The van der Waals surface area contributed by atoms with Gasteiger partial charge in [-0.15, -0.1) is 0 Å². The van der Waals surface area contributed by atoms with E-state index in [1.165, 1.54) is 6.92 Å². The van der Waals surface area contributed by atoms with Crippen LogP contribution >= 0.6 is 22.6 Å². The molecule has 82 valence electrons. The third kappa shape index (κ3) is 3.26. The second kappa shape index (κ2) is 5.20. The first-order valence-corrected chi connectivity index (χ1v) is 5.35. The van der Waals surface area contributed by atoms with Crippen molar-refractivity contribution in [3.8, 4) is 11.5 Å². The first-order valence-electron chi connectivity index (χ1n) is 4.27. The molecule has 1 N–H and O–H groups in total. The van der Waals surface area contributed by atoms with Gasteiger partial charge in [-0.3, -0.25) is 0 Å². The van der Waals surface area contributed by atoms with Crippen molar-refractivity contribution in [3.05, 3.63) is 21.8 Å². The average molecular weight is 322 g/mol. The lowest BCUT2D eigenvalue weighted by molar-refractivity contribution is -0.144. The van der Waals surface area contributed by atoms with Crippen LogP contribution in [0.4, 0.5) is 0 Å². The highest BCUT2D eigenvalue weighted by Crippen LogP contribution is 2.25. The fourth-order valence-electron chi connectivity index (χ4n) is 0.975. The van der Waals surface area contributed by atoms with Gasteiger partial charge in [0.2, 0.25) is 0 Å². The number of aliphatic carboxylic acids is 1. The number of hydrogen-bond donors (Lipinski definition) is 1. The molecule has 0 radical (unpaired) electrons. The molecule has 0 aliphatic heterocycles. The van der Waals surface area contributed by atoms with Gasteiger partial charge in [-0.2, -0.15) is 0 Å². The monoisotopic (exact) mass is 322 g/mol. The highest BCUT2D eigenvalue weighted by atomic mass is 127. The molecule has 1 rings (SSSR count). The zero-order chi connectivity index (χ0) is 11.4. The Kier molecular flexibility index (Phi) is 4.19. The molecular weight excluding hydrogens is 311 g/mol. The van der Waals surface area contributed by atoms with Crippen LogP contribution in [-0.2, 0) is 4.79 Å². The average Bonchev–Trinajstić information content (AvgIpc) is 2.18. The third-order valence-corrected chi connectivity index (χ3v) is 2.63. The van der Waals surface area contributed by atoms with Gasteiger partial charge in [0.15, 0.2) is 6.10 Å². The van der Waals surface area contributed by atoms with E-state index in [1.807, 2.05) is 0 Å². The van der Waals surface area contributed by atoms with Crippen molar-refractivity contribution in [1.82, 2.24) is 0 Å². The Morgan fingerprint density at radius 2 is 2.20 bits per heavy atom. The molecule has 4 nitrogen and oxygen atoms in total. The van der Waals surface area contributed by atoms with Gasteiger partial charge in [0.05, 0.1) is 10.7 Å². The SMILES string of the molecule is COc1ccc(OC(C)C(=O)O)cc1I. The molecule has 0 aliphatic rings. The van der Waals surface area contributed by atoms with Crippen LogP contribution in [0.2, 0.25) is 0 Å². The molecule has 0 spiro atoms. The normalized spacial score (nSPS) is 11.9. The van der Waals surface area contributed by atoms with Crippen molar-refractivity contribution in [3.63, 3.8) is 0 Å². The van der Waals surface area contributed by atoms with Crippen LogP contribution in [-0.4, -0.2) is 24.3 Å². The fourth-order valence-corrected chi connectivity index (χ4v) is 1.68. The smallest absolute Gasteiger partial charge is 0.344 e. The molecule has 1 unspecified atom stereocenters. The number of hydrogen-bond acceptors (Lipinski definition) is 3. The summed E-state index contributed by atoms with van der Waals surface area (Å²) in [5, 5.41) is 8.66. The summed E-state index contributed by atoms with van der Waals surface area (Å²) in [5.41, 5.74) is 0. The van der Waals surface area contributed by atoms with E-state index >= 15 is 0 Å². The lowest BCUT2D eigenvalue weighted by Crippen LogP contribution is -2.22. The summed E-state index contributed by atoms with van der Waals surface area (Å²) in [5.74, 6) is 0.279. The molecule has 1 aromatic carbocycles. The van der Waals surface area contributed by atoms with Crippen LogP contribution in [0.1, 0.15) is 6.92 Å². The van der Waals surface area contributed by atoms with Crippen molar-refractivity contribution in [2.75, 3.05) is 7.11 Å². The van der Waals surface area contributed by atoms with Gasteiger partial charge in [-0.25, -0.2) is 4.79 Å². The maximum Gasteiger partial charge on any atom is 0.344 e. The Balaban J connectivity index is 2.79. The Morgan fingerprint density at radius 1 is 1.53 bits per heavy atom. The molecule has 15 heavy (non-hydrogen) atoms. The van der Waals surface area contributed by atoms with Gasteiger partial charge < -0.3 is 14.6 Å². The highest BCUT2D eigenvalue weighted by molar-refractivity contribution is 14.1. The Labute approximate surface area is 101 Å². The first kappa shape index (κ1) is 12.1. The predicted molar refractivity (Wildman–Crippen MR) is 63.4 cm³/mol. The van der Waals surface area contributed by atoms with Crippen molar-refractivity contribution >= 4 is 28.6 Å². The number of halogens is 1. The number of carbonyl (C=O) groups is 1. The van der Waals surface area contributed by atoms with Gasteiger partial charge >= 0.3 is 5.97 Å². The Bertz CT molecular complexity index is 364. The molecule has 0 bridgehead atoms. The van der Waals surface area contributed by atoms with E-state index in [-0.39, 0.29) is 0 Å². The molecule has 0 amide bonds. The van der Waals surface area contributed by atoms with Crippen LogP contribution in [0.5, 0.6) is 11.5 Å². The van der Waals surface area contributed by atoms with Gasteiger partial charge in [0, 0.05) is 0 Å². The lowest BCUT2D eigenvalue weighted by Gasteiger charge is -2.11. The molecule has 1 atom stereocenters. The maximum atomic E-state index is 10.6. The summed E-state index contributed by atoms with van der Waals surface area (Å²) in [6.07, 6.45) is -0.853. The van der Waals surface area contributed by atoms with Gasteiger partial charge in [-0.1, -0.05) is 0 Å². The van der Waals surface area contributed by atoms with Gasteiger partial charge in [0.1, 0.15) is 11.5 Å². The Hall–Kier alpha value is -0.980. The highest BCUT2D eigenvalue weighted by Gasteiger charge is 2.13. The zero-order valence-electron chi connectivity index (χ0n) is 8.36.